The van der Waals surface area contributed by atoms with Gasteiger partial charge in [0.2, 0.25) is 0 Å². The average molecular weight is 524 g/mol. The zero-order chi connectivity index (χ0) is 26.8. The van der Waals surface area contributed by atoms with Crippen LogP contribution in [0.25, 0.3) is 33.2 Å². The summed E-state index contributed by atoms with van der Waals surface area (Å²) in [7, 11) is 1.61. The van der Waals surface area contributed by atoms with Gasteiger partial charge in [0.1, 0.15) is 28.2 Å². The van der Waals surface area contributed by atoms with Crippen LogP contribution in [0.3, 0.4) is 0 Å². The quantitative estimate of drug-likeness (QED) is 0.243. The van der Waals surface area contributed by atoms with E-state index in [-0.39, 0.29) is 28.3 Å². The Bertz CT molecular complexity index is 1700. The van der Waals surface area contributed by atoms with Crippen molar-refractivity contribution in [2.75, 3.05) is 13.7 Å². The Labute approximate surface area is 225 Å². The average Bonchev–Trinajstić information content (AvgIpc) is 3.46. The number of aromatic hydroxyl groups is 1. The number of phenols is 1. The molecule has 198 valence electrons. The molecular weight excluding hydrogens is 494 g/mol. The molecule has 39 heavy (non-hydrogen) atoms. The van der Waals surface area contributed by atoms with Gasteiger partial charge in [-0.3, -0.25) is 9.78 Å². The van der Waals surface area contributed by atoms with Crippen molar-refractivity contribution in [3.8, 4) is 34.3 Å². The molecule has 0 aliphatic heterocycles. The van der Waals surface area contributed by atoms with Gasteiger partial charge in [0.05, 0.1) is 25.3 Å². The lowest BCUT2D eigenvalue weighted by atomic mass is 10.1. The third-order valence-electron chi connectivity index (χ3n) is 7.21. The SMILES string of the molecule is COc1ccc(-c2cc(=O)c3c(O)cc(OCCc4ccnc5ccccc45)cc3o2)cc1OC1CCCC1. The summed E-state index contributed by atoms with van der Waals surface area (Å²) in [4.78, 5) is 17.4. The summed E-state index contributed by atoms with van der Waals surface area (Å²) < 4.78 is 23.8. The molecule has 2 aromatic heterocycles. The molecule has 2 heterocycles. The van der Waals surface area contributed by atoms with E-state index >= 15 is 0 Å². The molecule has 0 saturated heterocycles. The number of rotatable bonds is 8. The lowest BCUT2D eigenvalue weighted by Crippen LogP contribution is -2.11. The molecule has 0 atom stereocenters. The highest BCUT2D eigenvalue weighted by molar-refractivity contribution is 5.86. The minimum absolute atomic E-state index is 0.113. The van der Waals surface area contributed by atoms with Gasteiger partial charge < -0.3 is 23.7 Å². The van der Waals surface area contributed by atoms with Crippen molar-refractivity contribution in [3.05, 3.63) is 88.7 Å². The second-order valence-electron chi connectivity index (χ2n) is 9.77. The van der Waals surface area contributed by atoms with E-state index in [1.807, 2.05) is 48.5 Å². The first kappa shape index (κ1) is 24.8. The van der Waals surface area contributed by atoms with E-state index in [4.69, 9.17) is 18.6 Å². The highest BCUT2D eigenvalue weighted by Gasteiger charge is 2.20. The van der Waals surface area contributed by atoms with E-state index in [1.165, 1.54) is 12.1 Å². The first-order valence-corrected chi connectivity index (χ1v) is 13.2. The first-order chi connectivity index (χ1) is 19.1. The van der Waals surface area contributed by atoms with Crippen LogP contribution in [0.4, 0.5) is 0 Å². The van der Waals surface area contributed by atoms with E-state index in [0.29, 0.717) is 41.6 Å². The highest BCUT2D eigenvalue weighted by Crippen LogP contribution is 2.37. The summed E-state index contributed by atoms with van der Waals surface area (Å²) in [5.41, 5.74) is 2.64. The van der Waals surface area contributed by atoms with Crippen molar-refractivity contribution in [1.29, 1.82) is 0 Å². The number of aromatic nitrogens is 1. The van der Waals surface area contributed by atoms with Crippen LogP contribution in [0.2, 0.25) is 0 Å². The smallest absolute Gasteiger partial charge is 0.197 e. The van der Waals surface area contributed by atoms with E-state index < -0.39 is 0 Å². The van der Waals surface area contributed by atoms with Gasteiger partial charge in [-0.05, 0) is 61.6 Å². The van der Waals surface area contributed by atoms with Gasteiger partial charge in [0.15, 0.2) is 16.9 Å². The molecule has 1 aliphatic rings. The largest absolute Gasteiger partial charge is 0.507 e. The number of methoxy groups -OCH3 is 1. The number of fused-ring (bicyclic) bond motifs is 2. The summed E-state index contributed by atoms with van der Waals surface area (Å²) in [6, 6.07) is 19.9. The molecule has 0 unspecified atom stereocenters. The second-order valence-corrected chi connectivity index (χ2v) is 9.77. The van der Waals surface area contributed by atoms with E-state index in [1.54, 1.807) is 19.4 Å². The van der Waals surface area contributed by atoms with Gasteiger partial charge in [-0.1, -0.05) is 18.2 Å². The normalized spacial score (nSPS) is 13.7. The molecule has 7 heteroatoms. The number of ether oxygens (including phenoxy) is 3. The molecular formula is C32H29NO6. The molecule has 7 nitrogen and oxygen atoms in total. The minimum Gasteiger partial charge on any atom is -0.507 e. The molecule has 1 N–H and O–H groups in total. The fourth-order valence-electron chi connectivity index (χ4n) is 5.23. The van der Waals surface area contributed by atoms with Crippen LogP contribution in [0.1, 0.15) is 31.2 Å². The predicted molar refractivity (Wildman–Crippen MR) is 150 cm³/mol. The Morgan fingerprint density at radius 1 is 1.00 bits per heavy atom. The van der Waals surface area contributed by atoms with Crippen LogP contribution in [0, 0.1) is 0 Å². The summed E-state index contributed by atoms with van der Waals surface area (Å²) in [5.74, 6) is 1.85. The molecule has 0 bridgehead atoms. The third-order valence-corrected chi connectivity index (χ3v) is 7.21. The topological polar surface area (TPSA) is 91.0 Å². The number of pyridine rings is 1. The van der Waals surface area contributed by atoms with Gasteiger partial charge in [-0.15, -0.1) is 0 Å². The number of benzene rings is 3. The standard InChI is InChI=1S/C32H29NO6/c1-36-28-11-10-21(16-30(28)38-22-6-2-3-7-22)29-19-27(35)32-26(34)17-23(18-31(32)39-29)37-15-13-20-12-14-33-25-9-5-4-8-24(20)25/h4-5,8-12,14,16-19,22,34H,2-3,6-7,13,15H2,1H3. The lowest BCUT2D eigenvalue weighted by Gasteiger charge is -2.17. The summed E-state index contributed by atoms with van der Waals surface area (Å²) in [5, 5.41) is 11.8. The number of nitrogens with zero attached hydrogens (tertiary/aromatic N) is 1. The Morgan fingerprint density at radius 3 is 2.69 bits per heavy atom. The van der Waals surface area contributed by atoms with E-state index in [0.717, 1.165) is 42.1 Å². The van der Waals surface area contributed by atoms with Crippen LogP contribution in [-0.4, -0.2) is 29.9 Å². The molecule has 1 fully saturated rings. The van der Waals surface area contributed by atoms with Crippen LogP contribution in [-0.2, 0) is 6.42 Å². The fraction of sp³-hybridized carbons (Fsp3) is 0.250. The summed E-state index contributed by atoms with van der Waals surface area (Å²) >= 11 is 0. The monoisotopic (exact) mass is 523 g/mol. The third kappa shape index (κ3) is 5.12. The molecule has 0 spiro atoms. The Kier molecular flexibility index (Phi) is 6.80. The van der Waals surface area contributed by atoms with Gasteiger partial charge in [-0.2, -0.15) is 0 Å². The molecule has 0 radical (unpaired) electrons. The number of hydrogen-bond donors (Lipinski definition) is 1. The van der Waals surface area contributed by atoms with Crippen LogP contribution in [0.15, 0.2) is 82.1 Å². The Morgan fingerprint density at radius 2 is 1.85 bits per heavy atom. The van der Waals surface area contributed by atoms with Gasteiger partial charge in [0.25, 0.3) is 0 Å². The molecule has 1 saturated carbocycles. The van der Waals surface area contributed by atoms with Gasteiger partial charge in [0, 0.05) is 41.8 Å². The molecule has 1 aliphatic carbocycles. The maximum atomic E-state index is 13.0. The van der Waals surface area contributed by atoms with Crippen LogP contribution in [0.5, 0.6) is 23.0 Å². The minimum atomic E-state index is -0.340. The molecule has 3 aromatic carbocycles. The van der Waals surface area contributed by atoms with Crippen molar-refractivity contribution in [2.45, 2.75) is 38.2 Å². The zero-order valence-electron chi connectivity index (χ0n) is 21.7. The maximum Gasteiger partial charge on any atom is 0.197 e. The van der Waals surface area contributed by atoms with Crippen molar-refractivity contribution >= 4 is 21.9 Å². The van der Waals surface area contributed by atoms with Crippen LogP contribution < -0.4 is 19.6 Å². The van der Waals surface area contributed by atoms with Crippen molar-refractivity contribution in [3.63, 3.8) is 0 Å². The van der Waals surface area contributed by atoms with E-state index in [9.17, 15) is 9.90 Å². The van der Waals surface area contributed by atoms with Crippen molar-refractivity contribution in [1.82, 2.24) is 4.98 Å². The fourth-order valence-corrected chi connectivity index (χ4v) is 5.23. The lowest BCUT2D eigenvalue weighted by molar-refractivity contribution is 0.201. The van der Waals surface area contributed by atoms with Crippen LogP contribution >= 0.6 is 0 Å². The molecule has 5 aromatic rings. The first-order valence-electron chi connectivity index (χ1n) is 13.2. The Hall–Kier alpha value is -4.52. The van der Waals surface area contributed by atoms with Gasteiger partial charge >= 0.3 is 0 Å². The summed E-state index contributed by atoms with van der Waals surface area (Å²) in [6.45, 7) is 0.378. The maximum absolute atomic E-state index is 13.0. The van der Waals surface area contributed by atoms with Gasteiger partial charge in [-0.25, -0.2) is 0 Å². The van der Waals surface area contributed by atoms with Crippen molar-refractivity contribution < 1.29 is 23.7 Å². The molecule has 6 rings (SSSR count). The van der Waals surface area contributed by atoms with E-state index in [2.05, 4.69) is 4.98 Å². The van der Waals surface area contributed by atoms with Crippen molar-refractivity contribution in [2.24, 2.45) is 0 Å². The molecule has 0 amide bonds. The number of hydrogen-bond acceptors (Lipinski definition) is 7. The number of para-hydroxylation sites is 1. The predicted octanol–water partition coefficient (Wildman–Crippen LogP) is 6.67. The number of phenolic OH excluding ortho intramolecular Hbond substituents is 1. The summed E-state index contributed by atoms with van der Waals surface area (Å²) in [6.07, 6.45) is 6.93. The highest BCUT2D eigenvalue weighted by atomic mass is 16.5. The zero-order valence-corrected chi connectivity index (χ0v) is 21.7. The second kappa shape index (κ2) is 10.7. The Balaban J connectivity index is 1.27.